The van der Waals surface area contributed by atoms with Crippen molar-refractivity contribution in [1.82, 2.24) is 10.2 Å². The van der Waals surface area contributed by atoms with Gasteiger partial charge in [0.15, 0.2) is 0 Å². The van der Waals surface area contributed by atoms with Gasteiger partial charge in [0.25, 0.3) is 0 Å². The quantitative estimate of drug-likeness (QED) is 0.814. The highest BCUT2D eigenvalue weighted by Crippen LogP contribution is 2.24. The van der Waals surface area contributed by atoms with E-state index in [2.05, 4.69) is 55.3 Å². The third-order valence-electron chi connectivity index (χ3n) is 4.63. The molecule has 2 heteroatoms. The summed E-state index contributed by atoms with van der Waals surface area (Å²) in [5.41, 5.74) is 2.86. The number of nitrogens with one attached hydrogen (secondary N) is 1. The van der Waals surface area contributed by atoms with Crippen molar-refractivity contribution in [3.05, 3.63) is 35.4 Å². The van der Waals surface area contributed by atoms with Crippen LogP contribution in [-0.4, -0.2) is 30.6 Å². The van der Waals surface area contributed by atoms with Crippen molar-refractivity contribution in [3.63, 3.8) is 0 Å². The Labute approximate surface area is 124 Å². The molecule has 1 N–H and O–H groups in total. The lowest BCUT2D eigenvalue weighted by molar-refractivity contribution is 0.221. The van der Waals surface area contributed by atoms with Gasteiger partial charge < -0.3 is 5.32 Å². The van der Waals surface area contributed by atoms with Crippen LogP contribution in [0.3, 0.4) is 0 Å². The van der Waals surface area contributed by atoms with Crippen LogP contribution in [-0.2, 0) is 6.42 Å². The van der Waals surface area contributed by atoms with E-state index in [9.17, 15) is 0 Å². The minimum absolute atomic E-state index is 0.470. The zero-order valence-corrected chi connectivity index (χ0v) is 13.4. The average Bonchev–Trinajstić information content (AvgIpc) is 2.94. The molecule has 2 nitrogen and oxygen atoms in total. The molecule has 1 aromatic carbocycles. The van der Waals surface area contributed by atoms with Gasteiger partial charge in [0.05, 0.1) is 0 Å². The molecular weight excluding hydrogens is 244 g/mol. The van der Waals surface area contributed by atoms with Crippen LogP contribution < -0.4 is 5.32 Å². The zero-order valence-electron chi connectivity index (χ0n) is 13.4. The van der Waals surface area contributed by atoms with Gasteiger partial charge in [-0.1, -0.05) is 45.0 Å². The van der Waals surface area contributed by atoms with E-state index < -0.39 is 0 Å². The number of likely N-dealkylation sites (tertiary alicyclic amines) is 1. The van der Waals surface area contributed by atoms with Gasteiger partial charge in [-0.05, 0) is 49.9 Å². The molecule has 0 amide bonds. The highest BCUT2D eigenvalue weighted by atomic mass is 15.2. The van der Waals surface area contributed by atoms with E-state index in [-0.39, 0.29) is 0 Å². The third kappa shape index (κ3) is 3.83. The highest BCUT2D eigenvalue weighted by Gasteiger charge is 2.25. The van der Waals surface area contributed by atoms with Crippen molar-refractivity contribution in [2.45, 2.75) is 58.5 Å². The molecule has 0 radical (unpaired) electrons. The van der Waals surface area contributed by atoms with Gasteiger partial charge in [-0.25, -0.2) is 0 Å². The predicted molar refractivity (Wildman–Crippen MR) is 87.1 cm³/mol. The average molecular weight is 274 g/mol. The number of rotatable bonds is 7. The van der Waals surface area contributed by atoms with E-state index >= 15 is 0 Å². The van der Waals surface area contributed by atoms with E-state index in [4.69, 9.17) is 0 Å². The summed E-state index contributed by atoms with van der Waals surface area (Å²) < 4.78 is 0. The van der Waals surface area contributed by atoms with Gasteiger partial charge in [-0.2, -0.15) is 0 Å². The van der Waals surface area contributed by atoms with Gasteiger partial charge in [-0.15, -0.1) is 0 Å². The van der Waals surface area contributed by atoms with E-state index in [1.54, 1.807) is 0 Å². The van der Waals surface area contributed by atoms with Gasteiger partial charge in [0.2, 0.25) is 0 Å². The summed E-state index contributed by atoms with van der Waals surface area (Å²) in [6.45, 7) is 10.2. The van der Waals surface area contributed by atoms with Crippen LogP contribution >= 0.6 is 0 Å². The number of hydrogen-bond donors (Lipinski definition) is 1. The molecule has 1 aromatic rings. The Morgan fingerprint density at radius 3 is 2.55 bits per heavy atom. The minimum Gasteiger partial charge on any atom is -0.309 e. The van der Waals surface area contributed by atoms with Crippen molar-refractivity contribution in [1.29, 1.82) is 0 Å². The van der Waals surface area contributed by atoms with Crippen LogP contribution in [0, 0.1) is 0 Å². The number of aryl methyl sites for hydroxylation is 1. The number of benzene rings is 1. The summed E-state index contributed by atoms with van der Waals surface area (Å²) in [5, 5.41) is 3.67. The molecule has 1 fully saturated rings. The Morgan fingerprint density at radius 2 is 1.95 bits per heavy atom. The molecule has 1 heterocycles. The van der Waals surface area contributed by atoms with Crippen molar-refractivity contribution < 1.29 is 0 Å². The van der Waals surface area contributed by atoms with Crippen molar-refractivity contribution >= 4 is 0 Å². The lowest BCUT2D eigenvalue weighted by atomic mass is 10.0. The third-order valence-corrected chi connectivity index (χ3v) is 4.63. The molecule has 0 aromatic heterocycles. The number of likely N-dealkylation sites (N-methyl/N-ethyl adjacent to an activating group) is 1. The number of hydrogen-bond acceptors (Lipinski definition) is 2. The molecule has 0 bridgehead atoms. The summed E-state index contributed by atoms with van der Waals surface area (Å²) in [6.07, 6.45) is 5.15. The van der Waals surface area contributed by atoms with Gasteiger partial charge in [0.1, 0.15) is 0 Å². The molecule has 2 atom stereocenters. The van der Waals surface area contributed by atoms with Crippen LogP contribution in [0.5, 0.6) is 0 Å². The molecular formula is C18H30N2. The first-order valence-corrected chi connectivity index (χ1v) is 8.34. The lowest BCUT2D eigenvalue weighted by Crippen LogP contribution is -2.37. The maximum Gasteiger partial charge on any atom is 0.0449 e. The topological polar surface area (TPSA) is 15.3 Å². The molecule has 1 aliphatic heterocycles. The second kappa shape index (κ2) is 7.80. The van der Waals surface area contributed by atoms with Gasteiger partial charge in [-0.3, -0.25) is 4.90 Å². The van der Waals surface area contributed by atoms with Crippen LogP contribution in [0.15, 0.2) is 24.3 Å². The highest BCUT2D eigenvalue weighted by molar-refractivity contribution is 5.25. The Morgan fingerprint density at radius 1 is 1.20 bits per heavy atom. The molecule has 0 saturated carbocycles. The molecule has 112 valence electrons. The number of nitrogens with zero attached hydrogens (tertiary/aromatic N) is 1. The molecule has 2 unspecified atom stereocenters. The Bertz CT molecular complexity index is 385. The van der Waals surface area contributed by atoms with Crippen LogP contribution in [0.1, 0.15) is 57.2 Å². The fourth-order valence-corrected chi connectivity index (χ4v) is 3.35. The van der Waals surface area contributed by atoms with E-state index in [1.165, 1.54) is 36.9 Å². The lowest BCUT2D eigenvalue weighted by Gasteiger charge is -2.29. The standard InChI is InChI=1S/C18H30N2/c1-4-15-9-11-16(12-10-15)18(19-6-3)14-20-13-7-8-17(20)5-2/h9-12,17-19H,4-8,13-14H2,1-3H3. The first-order valence-electron chi connectivity index (χ1n) is 8.34. The summed E-state index contributed by atoms with van der Waals surface area (Å²) in [7, 11) is 0. The zero-order chi connectivity index (χ0) is 14.4. The SMILES string of the molecule is CCNC(CN1CCCC1CC)c1ccc(CC)cc1. The molecule has 0 spiro atoms. The predicted octanol–water partition coefficient (Wildman–Crippen LogP) is 3.77. The smallest absolute Gasteiger partial charge is 0.0449 e. The fraction of sp³-hybridized carbons (Fsp3) is 0.667. The summed E-state index contributed by atoms with van der Waals surface area (Å²) in [4.78, 5) is 2.68. The Hall–Kier alpha value is -0.860. The molecule has 1 saturated heterocycles. The summed E-state index contributed by atoms with van der Waals surface area (Å²) in [5.74, 6) is 0. The Balaban J connectivity index is 2.05. The monoisotopic (exact) mass is 274 g/mol. The molecule has 20 heavy (non-hydrogen) atoms. The largest absolute Gasteiger partial charge is 0.309 e. The molecule has 1 aliphatic rings. The van der Waals surface area contributed by atoms with Crippen LogP contribution in [0.2, 0.25) is 0 Å². The summed E-state index contributed by atoms with van der Waals surface area (Å²) in [6, 6.07) is 10.4. The molecule has 2 rings (SSSR count). The van der Waals surface area contributed by atoms with Crippen LogP contribution in [0.4, 0.5) is 0 Å². The fourth-order valence-electron chi connectivity index (χ4n) is 3.35. The van der Waals surface area contributed by atoms with Gasteiger partial charge in [0, 0.05) is 18.6 Å². The maximum atomic E-state index is 3.67. The Kier molecular flexibility index (Phi) is 6.06. The first-order chi connectivity index (χ1) is 9.78. The van der Waals surface area contributed by atoms with Crippen molar-refractivity contribution in [2.24, 2.45) is 0 Å². The van der Waals surface area contributed by atoms with Crippen LogP contribution in [0.25, 0.3) is 0 Å². The second-order valence-electron chi connectivity index (χ2n) is 5.90. The van der Waals surface area contributed by atoms with Crippen molar-refractivity contribution in [3.8, 4) is 0 Å². The second-order valence-corrected chi connectivity index (χ2v) is 5.90. The van der Waals surface area contributed by atoms with Crippen molar-refractivity contribution in [2.75, 3.05) is 19.6 Å². The normalized spacial score (nSPS) is 21.2. The van der Waals surface area contributed by atoms with E-state index in [1.807, 2.05) is 0 Å². The van der Waals surface area contributed by atoms with E-state index in [0.29, 0.717) is 6.04 Å². The minimum atomic E-state index is 0.470. The maximum absolute atomic E-state index is 3.67. The first kappa shape index (κ1) is 15.5. The van der Waals surface area contributed by atoms with E-state index in [0.717, 1.165) is 25.6 Å². The summed E-state index contributed by atoms with van der Waals surface area (Å²) >= 11 is 0. The van der Waals surface area contributed by atoms with Gasteiger partial charge >= 0.3 is 0 Å². The molecule has 0 aliphatic carbocycles.